The molecule has 3 heteroatoms. The van der Waals surface area contributed by atoms with Gasteiger partial charge in [0.15, 0.2) is 0 Å². The molecule has 0 atom stereocenters. The van der Waals surface area contributed by atoms with Gasteiger partial charge >= 0.3 is 0 Å². The van der Waals surface area contributed by atoms with Gasteiger partial charge in [-0.05, 0) is 12.5 Å². The lowest BCUT2D eigenvalue weighted by molar-refractivity contribution is -0.133. The molecule has 1 nitrogen and oxygen atoms in total. The van der Waals surface area contributed by atoms with Crippen LogP contribution in [0.3, 0.4) is 0 Å². The average Bonchev–Trinajstić information content (AvgIpc) is 2.06. The Kier molecular flexibility index (Phi) is 2.27. The first kappa shape index (κ1) is 9.59. The minimum Gasteiger partial charge on any atom is -0.287 e. The molecule has 1 saturated heterocycles. The number of rotatable bonds is 2. The first-order valence-corrected chi connectivity index (χ1v) is 4.71. The quantitative estimate of drug-likeness (QED) is 0.704. The van der Waals surface area contributed by atoms with Gasteiger partial charge in [-0.3, -0.25) is 4.90 Å². The van der Waals surface area contributed by atoms with Crippen LogP contribution >= 0.6 is 0 Å². The third-order valence-corrected chi connectivity index (χ3v) is 2.44. The summed E-state index contributed by atoms with van der Waals surface area (Å²) in [5, 5.41) is 0. The SMILES string of the molecule is Cc1ccc(CN2CC(F)(F)C2)cc1. The average molecular weight is 197 g/mol. The fourth-order valence-corrected chi connectivity index (χ4v) is 1.67. The van der Waals surface area contributed by atoms with Crippen molar-refractivity contribution in [1.29, 1.82) is 0 Å². The van der Waals surface area contributed by atoms with Crippen LogP contribution in [-0.2, 0) is 6.54 Å². The maximum Gasteiger partial charge on any atom is 0.272 e. The number of benzene rings is 1. The second kappa shape index (κ2) is 3.31. The second-order valence-electron chi connectivity index (χ2n) is 3.99. The second-order valence-corrected chi connectivity index (χ2v) is 3.99. The lowest BCUT2D eigenvalue weighted by atomic mass is 10.1. The highest BCUT2D eigenvalue weighted by atomic mass is 19.3. The molecular formula is C11H13F2N. The summed E-state index contributed by atoms with van der Waals surface area (Å²) in [6.07, 6.45) is 0. The lowest BCUT2D eigenvalue weighted by Crippen LogP contribution is -2.55. The van der Waals surface area contributed by atoms with Crippen molar-refractivity contribution >= 4 is 0 Å². The standard InChI is InChI=1S/C11H13F2N/c1-9-2-4-10(5-3-9)6-14-7-11(12,13)8-14/h2-5H,6-8H2,1H3. The fraction of sp³-hybridized carbons (Fsp3) is 0.455. The summed E-state index contributed by atoms with van der Waals surface area (Å²) in [4.78, 5) is 1.75. The zero-order valence-corrected chi connectivity index (χ0v) is 8.13. The molecule has 0 saturated carbocycles. The van der Waals surface area contributed by atoms with Crippen molar-refractivity contribution in [1.82, 2.24) is 4.90 Å². The van der Waals surface area contributed by atoms with Gasteiger partial charge in [-0.15, -0.1) is 0 Å². The third kappa shape index (κ3) is 2.10. The number of hydrogen-bond acceptors (Lipinski definition) is 1. The van der Waals surface area contributed by atoms with Crippen molar-refractivity contribution in [3.8, 4) is 0 Å². The van der Waals surface area contributed by atoms with Crippen molar-refractivity contribution in [3.63, 3.8) is 0 Å². The minimum absolute atomic E-state index is 0.0964. The molecule has 2 rings (SSSR count). The van der Waals surface area contributed by atoms with Gasteiger partial charge in [0.25, 0.3) is 5.92 Å². The summed E-state index contributed by atoms with van der Waals surface area (Å²) >= 11 is 0. The van der Waals surface area contributed by atoms with Crippen molar-refractivity contribution in [2.75, 3.05) is 13.1 Å². The minimum atomic E-state index is -2.45. The van der Waals surface area contributed by atoms with E-state index in [1.807, 2.05) is 31.2 Å². The van der Waals surface area contributed by atoms with Gasteiger partial charge in [0.1, 0.15) is 0 Å². The predicted molar refractivity (Wildman–Crippen MR) is 51.4 cm³/mol. The van der Waals surface area contributed by atoms with E-state index < -0.39 is 5.92 Å². The van der Waals surface area contributed by atoms with Crippen molar-refractivity contribution in [3.05, 3.63) is 35.4 Å². The Morgan fingerprint density at radius 3 is 2.29 bits per heavy atom. The summed E-state index contributed by atoms with van der Waals surface area (Å²) in [5.74, 6) is -2.45. The topological polar surface area (TPSA) is 3.24 Å². The smallest absolute Gasteiger partial charge is 0.272 e. The molecule has 76 valence electrons. The third-order valence-electron chi connectivity index (χ3n) is 2.44. The van der Waals surface area contributed by atoms with E-state index in [0.717, 1.165) is 5.56 Å². The molecule has 1 fully saturated rings. The van der Waals surface area contributed by atoms with E-state index in [4.69, 9.17) is 0 Å². The van der Waals surface area contributed by atoms with E-state index in [1.165, 1.54) is 5.56 Å². The number of nitrogens with zero attached hydrogens (tertiary/aromatic N) is 1. The van der Waals surface area contributed by atoms with Crippen LogP contribution in [0.5, 0.6) is 0 Å². The van der Waals surface area contributed by atoms with Gasteiger partial charge in [-0.1, -0.05) is 29.8 Å². The molecule has 0 aliphatic carbocycles. The van der Waals surface area contributed by atoms with Gasteiger partial charge in [-0.2, -0.15) is 0 Å². The van der Waals surface area contributed by atoms with E-state index in [0.29, 0.717) is 6.54 Å². The van der Waals surface area contributed by atoms with E-state index in [1.54, 1.807) is 4.90 Å². The largest absolute Gasteiger partial charge is 0.287 e. The van der Waals surface area contributed by atoms with E-state index in [2.05, 4.69) is 0 Å². The van der Waals surface area contributed by atoms with Crippen LogP contribution in [0.2, 0.25) is 0 Å². The number of alkyl halides is 2. The highest BCUT2D eigenvalue weighted by molar-refractivity contribution is 5.21. The molecule has 0 spiro atoms. The van der Waals surface area contributed by atoms with Crippen LogP contribution < -0.4 is 0 Å². The van der Waals surface area contributed by atoms with Crippen molar-refractivity contribution < 1.29 is 8.78 Å². The maximum absolute atomic E-state index is 12.5. The fourth-order valence-electron chi connectivity index (χ4n) is 1.67. The molecule has 0 amide bonds. The molecule has 1 aromatic carbocycles. The Hall–Kier alpha value is -0.960. The van der Waals surface area contributed by atoms with Crippen molar-refractivity contribution in [2.45, 2.75) is 19.4 Å². The Balaban J connectivity index is 1.90. The highest BCUT2D eigenvalue weighted by Gasteiger charge is 2.43. The normalized spacial score (nSPS) is 20.5. The summed E-state index contributed by atoms with van der Waals surface area (Å²) in [6.45, 7) is 2.46. The Labute approximate surface area is 82.3 Å². The number of likely N-dealkylation sites (tertiary alicyclic amines) is 1. The molecule has 0 bridgehead atoms. The van der Waals surface area contributed by atoms with E-state index >= 15 is 0 Å². The first-order chi connectivity index (χ1) is 6.55. The van der Waals surface area contributed by atoms with Gasteiger partial charge in [0.05, 0.1) is 13.1 Å². The predicted octanol–water partition coefficient (Wildman–Crippen LogP) is 2.45. The van der Waals surface area contributed by atoms with Crippen LogP contribution in [0, 0.1) is 6.92 Å². The van der Waals surface area contributed by atoms with Gasteiger partial charge < -0.3 is 0 Å². The summed E-state index contributed by atoms with van der Waals surface area (Å²) in [5.41, 5.74) is 2.30. The molecule has 0 N–H and O–H groups in total. The van der Waals surface area contributed by atoms with Crippen LogP contribution in [0.1, 0.15) is 11.1 Å². The monoisotopic (exact) mass is 197 g/mol. The van der Waals surface area contributed by atoms with Crippen LogP contribution in [0.25, 0.3) is 0 Å². The Morgan fingerprint density at radius 2 is 1.79 bits per heavy atom. The van der Waals surface area contributed by atoms with Crippen LogP contribution in [0.15, 0.2) is 24.3 Å². The molecule has 0 radical (unpaired) electrons. The molecule has 1 aliphatic heterocycles. The number of hydrogen-bond donors (Lipinski definition) is 0. The van der Waals surface area contributed by atoms with Gasteiger partial charge in [-0.25, -0.2) is 8.78 Å². The number of aryl methyl sites for hydroxylation is 1. The molecule has 14 heavy (non-hydrogen) atoms. The summed E-state index contributed by atoms with van der Waals surface area (Å²) in [6, 6.07) is 8.00. The van der Waals surface area contributed by atoms with Gasteiger partial charge in [0.2, 0.25) is 0 Å². The molecule has 1 heterocycles. The molecule has 0 aromatic heterocycles. The summed E-state index contributed by atoms with van der Waals surface area (Å²) in [7, 11) is 0. The Morgan fingerprint density at radius 1 is 1.21 bits per heavy atom. The van der Waals surface area contributed by atoms with Crippen LogP contribution in [0.4, 0.5) is 8.78 Å². The van der Waals surface area contributed by atoms with E-state index in [9.17, 15) is 8.78 Å². The van der Waals surface area contributed by atoms with Crippen LogP contribution in [-0.4, -0.2) is 23.9 Å². The molecule has 1 aliphatic rings. The first-order valence-electron chi connectivity index (χ1n) is 4.71. The summed E-state index contributed by atoms with van der Waals surface area (Å²) < 4.78 is 25.0. The highest BCUT2D eigenvalue weighted by Crippen LogP contribution is 2.27. The Bertz CT molecular complexity index is 311. The molecule has 1 aromatic rings. The lowest BCUT2D eigenvalue weighted by Gasteiger charge is -2.38. The zero-order valence-electron chi connectivity index (χ0n) is 8.13. The van der Waals surface area contributed by atoms with E-state index in [-0.39, 0.29) is 13.1 Å². The maximum atomic E-state index is 12.5. The zero-order chi connectivity index (χ0) is 10.2. The van der Waals surface area contributed by atoms with Crippen molar-refractivity contribution in [2.24, 2.45) is 0 Å². The van der Waals surface area contributed by atoms with Gasteiger partial charge in [0, 0.05) is 6.54 Å². The number of halogens is 2. The molecular weight excluding hydrogens is 184 g/mol. The molecule has 0 unspecified atom stereocenters.